The van der Waals surface area contributed by atoms with Gasteiger partial charge in [0, 0.05) is 41.8 Å². The van der Waals surface area contributed by atoms with Gasteiger partial charge in [0.25, 0.3) is 0 Å². The number of aryl methyl sites for hydroxylation is 1. The molecule has 3 aromatic carbocycles. The molecule has 2 heterocycles. The topological polar surface area (TPSA) is 95.5 Å². The summed E-state index contributed by atoms with van der Waals surface area (Å²) in [6.45, 7) is 0. The molecule has 6 heteroatoms. The number of hydrogen-bond donors (Lipinski definition) is 2. The second-order valence-corrected chi connectivity index (χ2v) is 7.36. The van der Waals surface area contributed by atoms with Crippen LogP contribution in [-0.4, -0.2) is 20.6 Å². The maximum Gasteiger partial charge on any atom is 0.235 e. The number of allylic oxidation sites excluding steroid dienone is 1. The van der Waals surface area contributed by atoms with Crippen molar-refractivity contribution in [1.82, 2.24) is 4.57 Å². The Morgan fingerprint density at radius 3 is 2.61 bits per heavy atom. The van der Waals surface area contributed by atoms with E-state index in [1.54, 1.807) is 18.2 Å². The molecule has 0 bridgehead atoms. The quantitative estimate of drug-likeness (QED) is 0.467. The lowest BCUT2D eigenvalue weighted by Gasteiger charge is -2.06. The normalized spacial score (nSPS) is 13.9. The first-order chi connectivity index (χ1) is 15.0. The van der Waals surface area contributed by atoms with E-state index in [2.05, 4.69) is 6.07 Å². The molecule has 0 amide bonds. The molecular formula is C25H16N2O4. The van der Waals surface area contributed by atoms with E-state index < -0.39 is 5.78 Å². The van der Waals surface area contributed by atoms with Gasteiger partial charge in [0.05, 0.1) is 11.6 Å². The number of aromatic hydroxyl groups is 2. The molecule has 150 valence electrons. The number of hydrogen-bond acceptors (Lipinski definition) is 5. The second-order valence-electron chi connectivity index (χ2n) is 7.36. The highest BCUT2D eigenvalue weighted by molar-refractivity contribution is 6.17. The summed E-state index contributed by atoms with van der Waals surface area (Å²) in [5.41, 5.74) is 4.26. The largest absolute Gasteiger partial charge is 0.508 e. The average molecular weight is 408 g/mol. The number of phenolic OH excluding ortho intramolecular Hbond substituents is 2. The van der Waals surface area contributed by atoms with Crippen molar-refractivity contribution < 1.29 is 19.7 Å². The number of fused-ring (bicyclic) bond motifs is 2. The molecule has 1 aromatic heterocycles. The van der Waals surface area contributed by atoms with Gasteiger partial charge < -0.3 is 19.5 Å². The third-order valence-corrected chi connectivity index (χ3v) is 5.39. The van der Waals surface area contributed by atoms with E-state index in [1.165, 1.54) is 6.07 Å². The Kier molecular flexibility index (Phi) is 4.05. The minimum atomic E-state index is -0.444. The van der Waals surface area contributed by atoms with E-state index in [0.29, 0.717) is 5.56 Å². The third kappa shape index (κ3) is 2.92. The van der Waals surface area contributed by atoms with Crippen LogP contribution in [0, 0.1) is 11.3 Å². The SMILES string of the molecule is Cn1cc(C=C2Oc3cc(O)cc(O)c3C2=O)c2c(-c3ccc(C#N)cc3)cccc21. The molecule has 1 aliphatic heterocycles. The van der Waals surface area contributed by atoms with Crippen LogP contribution in [0.15, 0.2) is 66.6 Å². The van der Waals surface area contributed by atoms with Crippen molar-refractivity contribution in [2.24, 2.45) is 7.05 Å². The summed E-state index contributed by atoms with van der Waals surface area (Å²) in [4.78, 5) is 12.8. The maximum atomic E-state index is 12.8. The number of Topliss-reactive ketones (excluding diaryl/α,β-unsaturated/α-hetero) is 1. The van der Waals surface area contributed by atoms with Crippen LogP contribution in [0.1, 0.15) is 21.5 Å². The van der Waals surface area contributed by atoms with Gasteiger partial charge >= 0.3 is 0 Å². The van der Waals surface area contributed by atoms with Gasteiger partial charge in [0.15, 0.2) is 5.76 Å². The molecule has 5 rings (SSSR count). The highest BCUT2D eigenvalue weighted by Crippen LogP contribution is 2.41. The number of ketones is 1. The molecule has 4 aromatic rings. The number of carbonyl (C=O) groups is 1. The Labute approximate surface area is 177 Å². The van der Waals surface area contributed by atoms with Gasteiger partial charge in [-0.2, -0.15) is 5.26 Å². The third-order valence-electron chi connectivity index (χ3n) is 5.39. The first kappa shape index (κ1) is 18.5. The standard InChI is InChI=1S/C25H16N2O4/c1-27-13-16(9-22-25(30)24-20(29)10-17(28)11-21(24)31-22)23-18(3-2-4-19(23)27)15-7-5-14(12-26)6-8-15/h2-11,13,28-29H,1H3. The predicted octanol–water partition coefficient (Wildman–Crippen LogP) is 4.74. The van der Waals surface area contributed by atoms with Crippen molar-refractivity contribution in [1.29, 1.82) is 5.26 Å². The van der Waals surface area contributed by atoms with Crippen molar-refractivity contribution in [3.05, 3.63) is 83.2 Å². The summed E-state index contributed by atoms with van der Waals surface area (Å²) in [7, 11) is 1.92. The Bertz CT molecular complexity index is 1450. The number of phenols is 2. The van der Waals surface area contributed by atoms with Crippen molar-refractivity contribution >= 4 is 22.8 Å². The lowest BCUT2D eigenvalue weighted by molar-refractivity contribution is 0.101. The molecule has 0 unspecified atom stereocenters. The van der Waals surface area contributed by atoms with E-state index in [-0.39, 0.29) is 28.6 Å². The Hall–Kier alpha value is -4.50. The summed E-state index contributed by atoms with van der Waals surface area (Å²) >= 11 is 0. The fourth-order valence-corrected chi connectivity index (χ4v) is 3.97. The van der Waals surface area contributed by atoms with Gasteiger partial charge in [-0.25, -0.2) is 0 Å². The molecule has 0 spiro atoms. The number of rotatable bonds is 2. The van der Waals surface area contributed by atoms with Crippen molar-refractivity contribution in [3.8, 4) is 34.4 Å². The Balaban J connectivity index is 1.67. The maximum absolute atomic E-state index is 12.8. The number of nitrogens with zero attached hydrogens (tertiary/aromatic N) is 2. The van der Waals surface area contributed by atoms with Gasteiger partial charge in [-0.05, 0) is 35.4 Å². The number of benzene rings is 3. The molecule has 0 saturated heterocycles. The van der Waals surface area contributed by atoms with E-state index >= 15 is 0 Å². The molecule has 31 heavy (non-hydrogen) atoms. The van der Waals surface area contributed by atoms with E-state index in [9.17, 15) is 15.0 Å². The van der Waals surface area contributed by atoms with Crippen LogP contribution >= 0.6 is 0 Å². The summed E-state index contributed by atoms with van der Waals surface area (Å²) in [5.74, 6) is -0.752. The fraction of sp³-hybridized carbons (Fsp3) is 0.0400. The molecule has 6 nitrogen and oxygen atoms in total. The molecule has 0 atom stereocenters. The minimum absolute atomic E-state index is 0.0385. The van der Waals surface area contributed by atoms with Gasteiger partial charge in [-0.3, -0.25) is 4.79 Å². The van der Waals surface area contributed by atoms with Crippen LogP contribution in [0.2, 0.25) is 0 Å². The lowest BCUT2D eigenvalue weighted by Crippen LogP contribution is -1.98. The number of ether oxygens (including phenoxy) is 1. The van der Waals surface area contributed by atoms with Crippen LogP contribution in [-0.2, 0) is 7.05 Å². The smallest absolute Gasteiger partial charge is 0.235 e. The molecule has 0 radical (unpaired) electrons. The van der Waals surface area contributed by atoms with Crippen molar-refractivity contribution in [2.45, 2.75) is 0 Å². The van der Waals surface area contributed by atoms with E-state index in [4.69, 9.17) is 10.00 Å². The van der Waals surface area contributed by atoms with Gasteiger partial charge in [-0.15, -0.1) is 0 Å². The first-order valence-electron chi connectivity index (χ1n) is 9.55. The Morgan fingerprint density at radius 2 is 1.87 bits per heavy atom. The number of carbonyl (C=O) groups excluding carboxylic acids is 1. The minimum Gasteiger partial charge on any atom is -0.508 e. The zero-order chi connectivity index (χ0) is 21.7. The van der Waals surface area contributed by atoms with Crippen LogP contribution in [0.25, 0.3) is 28.1 Å². The van der Waals surface area contributed by atoms with Gasteiger partial charge in [-0.1, -0.05) is 24.3 Å². The summed E-state index contributed by atoms with van der Waals surface area (Å²) in [5, 5.41) is 29.8. The summed E-state index contributed by atoms with van der Waals surface area (Å²) in [6, 6.07) is 17.8. The predicted molar refractivity (Wildman–Crippen MR) is 116 cm³/mol. The average Bonchev–Trinajstić information content (AvgIpc) is 3.25. The monoisotopic (exact) mass is 408 g/mol. The molecular weight excluding hydrogens is 392 g/mol. The van der Waals surface area contributed by atoms with Crippen molar-refractivity contribution in [3.63, 3.8) is 0 Å². The summed E-state index contributed by atoms with van der Waals surface area (Å²) in [6.07, 6.45) is 3.55. The second kappa shape index (κ2) is 6.78. The molecule has 0 saturated carbocycles. The van der Waals surface area contributed by atoms with E-state index in [1.807, 2.05) is 48.1 Å². The van der Waals surface area contributed by atoms with Gasteiger partial charge in [0.2, 0.25) is 5.78 Å². The lowest BCUT2D eigenvalue weighted by atomic mass is 9.98. The fourth-order valence-electron chi connectivity index (χ4n) is 3.97. The van der Waals surface area contributed by atoms with Gasteiger partial charge in [0.1, 0.15) is 22.8 Å². The molecule has 2 N–H and O–H groups in total. The zero-order valence-corrected chi connectivity index (χ0v) is 16.5. The van der Waals surface area contributed by atoms with Crippen molar-refractivity contribution in [2.75, 3.05) is 0 Å². The Morgan fingerprint density at radius 1 is 1.10 bits per heavy atom. The highest BCUT2D eigenvalue weighted by atomic mass is 16.5. The molecule has 0 aliphatic carbocycles. The van der Waals surface area contributed by atoms with Crippen LogP contribution in [0.3, 0.4) is 0 Å². The molecule has 1 aliphatic rings. The zero-order valence-electron chi connectivity index (χ0n) is 16.5. The number of aromatic nitrogens is 1. The molecule has 0 fully saturated rings. The highest BCUT2D eigenvalue weighted by Gasteiger charge is 2.31. The van der Waals surface area contributed by atoms with E-state index in [0.717, 1.165) is 33.7 Å². The van der Waals surface area contributed by atoms with Crippen LogP contribution < -0.4 is 4.74 Å². The summed E-state index contributed by atoms with van der Waals surface area (Å²) < 4.78 is 7.63. The first-order valence-corrected chi connectivity index (χ1v) is 9.55. The number of nitriles is 1. The van der Waals surface area contributed by atoms with Crippen LogP contribution in [0.5, 0.6) is 17.2 Å². The van der Waals surface area contributed by atoms with Crippen LogP contribution in [0.4, 0.5) is 0 Å².